The van der Waals surface area contributed by atoms with Crippen LogP contribution in [0.15, 0.2) is 41.8 Å². The molecule has 3 saturated carbocycles. The van der Waals surface area contributed by atoms with Crippen LogP contribution in [0.5, 0.6) is 0 Å². The molecule has 1 aromatic carbocycles. The quantitative estimate of drug-likeness (QED) is 0.261. The number of hydrogen-bond donors (Lipinski definition) is 0. The maximum atomic E-state index is 14.2. The van der Waals surface area contributed by atoms with E-state index in [4.69, 9.17) is 13.7 Å². The second kappa shape index (κ2) is 10.2. The Bertz CT molecular complexity index is 1190. The van der Waals surface area contributed by atoms with Gasteiger partial charge in [0, 0.05) is 13.0 Å². The van der Waals surface area contributed by atoms with Gasteiger partial charge >= 0.3 is 5.97 Å². The fourth-order valence-corrected chi connectivity index (χ4v) is 8.71. The van der Waals surface area contributed by atoms with Gasteiger partial charge in [-0.25, -0.2) is 4.79 Å². The van der Waals surface area contributed by atoms with Gasteiger partial charge in [-0.1, -0.05) is 44.5 Å². The standard InChI is InChI=1S/C30H42O7S/c1-8-28(5)24(37-25(31)18-36-38(33,34)22-11-9-19(2)10-12-22)17-29(6)20(3)13-15-30(21(4)27(28)32)16-14-23(35-7)26(29)30/h8-12,20-21,23-24,26H,1,13-18H2,2-7H3/t20-,21+,23-,24+,26+,28+,29-,30+/m1/s1. The average molecular weight is 547 g/mol. The summed E-state index contributed by atoms with van der Waals surface area (Å²) in [5, 5.41) is 0. The SMILES string of the molecule is C=C[C@]1(C)C(=O)[C@H](C)[C@@]23CC[C@@H](C)[C@@](C)(C[C@@H]1OC(=O)COS(=O)(=O)c1ccc(C)cc1)[C@@H]2[C@H](OC)CC3. The van der Waals surface area contributed by atoms with Gasteiger partial charge in [-0.3, -0.25) is 8.98 Å². The van der Waals surface area contributed by atoms with Crippen LogP contribution in [0.3, 0.4) is 0 Å². The molecule has 1 aromatic rings. The molecule has 0 radical (unpaired) electrons. The second-order valence-electron chi connectivity index (χ2n) is 12.3. The van der Waals surface area contributed by atoms with Gasteiger partial charge in [-0.2, -0.15) is 8.42 Å². The van der Waals surface area contributed by atoms with Crippen LogP contribution in [0.25, 0.3) is 0 Å². The van der Waals surface area contributed by atoms with Crippen LogP contribution in [-0.4, -0.2) is 46.1 Å². The molecule has 3 aliphatic carbocycles. The highest BCUT2D eigenvalue weighted by molar-refractivity contribution is 7.86. The van der Waals surface area contributed by atoms with Gasteiger partial charge in [0.2, 0.25) is 0 Å². The molecule has 8 atom stereocenters. The van der Waals surface area contributed by atoms with E-state index in [1.54, 1.807) is 32.2 Å². The van der Waals surface area contributed by atoms with Crippen molar-refractivity contribution in [3.63, 3.8) is 0 Å². The Morgan fingerprint density at radius 1 is 1.13 bits per heavy atom. The van der Waals surface area contributed by atoms with Crippen LogP contribution in [-0.2, 0) is 33.4 Å². The van der Waals surface area contributed by atoms with E-state index in [0.717, 1.165) is 31.2 Å². The Morgan fingerprint density at radius 2 is 1.76 bits per heavy atom. The lowest BCUT2D eigenvalue weighted by Gasteiger charge is -2.60. The zero-order valence-corrected chi connectivity index (χ0v) is 24.3. The van der Waals surface area contributed by atoms with Crippen molar-refractivity contribution in [2.75, 3.05) is 13.7 Å². The zero-order valence-electron chi connectivity index (χ0n) is 23.5. The van der Waals surface area contributed by atoms with Gasteiger partial charge in [0.15, 0.2) is 6.61 Å². The van der Waals surface area contributed by atoms with E-state index in [0.29, 0.717) is 12.3 Å². The maximum Gasteiger partial charge on any atom is 0.333 e. The number of hydrogen-bond acceptors (Lipinski definition) is 7. The minimum absolute atomic E-state index is 0.0110. The number of benzene rings is 1. The average Bonchev–Trinajstić information content (AvgIpc) is 3.29. The number of esters is 1. The number of carbonyl (C=O) groups is 2. The van der Waals surface area contributed by atoms with Crippen LogP contribution in [0.4, 0.5) is 0 Å². The highest BCUT2D eigenvalue weighted by atomic mass is 32.2. The molecule has 3 aliphatic rings. The third-order valence-corrected chi connectivity index (χ3v) is 11.8. The Balaban J connectivity index is 1.64. The molecule has 0 saturated heterocycles. The number of ether oxygens (including phenoxy) is 2. The molecule has 38 heavy (non-hydrogen) atoms. The van der Waals surface area contributed by atoms with Crippen molar-refractivity contribution >= 4 is 21.9 Å². The first-order chi connectivity index (χ1) is 17.7. The van der Waals surface area contributed by atoms with Crippen LogP contribution < -0.4 is 0 Å². The highest BCUT2D eigenvalue weighted by Crippen LogP contribution is 2.68. The lowest BCUT2D eigenvalue weighted by molar-refractivity contribution is -0.186. The third kappa shape index (κ3) is 4.56. The zero-order chi connectivity index (χ0) is 28.1. The number of methoxy groups -OCH3 is 1. The first-order valence-electron chi connectivity index (χ1n) is 13.6. The minimum atomic E-state index is -4.14. The first kappa shape index (κ1) is 29.0. The molecular formula is C30H42O7S. The molecule has 0 aromatic heterocycles. The third-order valence-electron chi connectivity index (χ3n) is 10.5. The van der Waals surface area contributed by atoms with Gasteiger partial charge < -0.3 is 9.47 Å². The van der Waals surface area contributed by atoms with Crippen molar-refractivity contribution in [2.24, 2.45) is 34.0 Å². The van der Waals surface area contributed by atoms with Crippen molar-refractivity contribution in [1.82, 2.24) is 0 Å². The van der Waals surface area contributed by atoms with Crippen molar-refractivity contribution in [3.8, 4) is 0 Å². The molecule has 7 nitrogen and oxygen atoms in total. The molecule has 210 valence electrons. The Kier molecular flexibility index (Phi) is 7.76. The van der Waals surface area contributed by atoms with Crippen LogP contribution >= 0.6 is 0 Å². The monoisotopic (exact) mass is 546 g/mol. The number of aryl methyl sites for hydroxylation is 1. The fourth-order valence-electron chi connectivity index (χ4n) is 7.86. The predicted molar refractivity (Wildman–Crippen MR) is 144 cm³/mol. The summed E-state index contributed by atoms with van der Waals surface area (Å²) in [6.07, 6.45) is 5.10. The summed E-state index contributed by atoms with van der Waals surface area (Å²) in [4.78, 5) is 27.2. The maximum absolute atomic E-state index is 14.2. The normalized spacial score (nSPS) is 39.1. The van der Waals surface area contributed by atoms with Crippen LogP contribution in [0, 0.1) is 40.9 Å². The van der Waals surface area contributed by atoms with E-state index < -0.39 is 34.2 Å². The summed E-state index contributed by atoms with van der Waals surface area (Å²) in [5.41, 5.74) is -0.632. The Morgan fingerprint density at radius 3 is 2.37 bits per heavy atom. The lowest BCUT2D eigenvalue weighted by atomic mass is 9.44. The summed E-state index contributed by atoms with van der Waals surface area (Å²) < 4.78 is 42.3. The largest absolute Gasteiger partial charge is 0.459 e. The summed E-state index contributed by atoms with van der Waals surface area (Å²) >= 11 is 0. The van der Waals surface area contributed by atoms with E-state index >= 15 is 0 Å². The smallest absolute Gasteiger partial charge is 0.333 e. The molecule has 0 aliphatic heterocycles. The number of ketones is 1. The van der Waals surface area contributed by atoms with Crippen molar-refractivity contribution in [2.45, 2.75) is 83.8 Å². The van der Waals surface area contributed by atoms with Crippen LogP contribution in [0.1, 0.15) is 65.4 Å². The molecule has 8 heteroatoms. The molecule has 0 heterocycles. The van der Waals surface area contributed by atoms with Crippen molar-refractivity contribution in [3.05, 3.63) is 42.5 Å². The summed E-state index contributed by atoms with van der Waals surface area (Å²) in [6, 6.07) is 6.19. The number of Topliss-reactive ketones (excluding diaryl/α,β-unsaturated/α-hetero) is 1. The molecule has 0 spiro atoms. The topological polar surface area (TPSA) is 96.0 Å². The minimum Gasteiger partial charge on any atom is -0.459 e. The van der Waals surface area contributed by atoms with Crippen molar-refractivity contribution < 1.29 is 31.7 Å². The molecule has 3 fully saturated rings. The molecule has 0 N–H and O–H groups in total. The summed E-state index contributed by atoms with van der Waals surface area (Å²) in [5.74, 6) is -0.603. The van der Waals surface area contributed by atoms with E-state index in [1.165, 1.54) is 12.1 Å². The molecule has 0 unspecified atom stereocenters. The molecular weight excluding hydrogens is 504 g/mol. The fraction of sp³-hybridized carbons (Fsp3) is 0.667. The van der Waals surface area contributed by atoms with Gasteiger partial charge in [0.25, 0.3) is 10.1 Å². The van der Waals surface area contributed by atoms with Gasteiger partial charge in [-0.05, 0) is 80.8 Å². The summed E-state index contributed by atoms with van der Waals surface area (Å²) in [6.45, 7) is 13.4. The highest BCUT2D eigenvalue weighted by Gasteiger charge is 2.67. The van der Waals surface area contributed by atoms with E-state index in [9.17, 15) is 18.0 Å². The lowest BCUT2D eigenvalue weighted by Crippen LogP contribution is -2.61. The Hall–Kier alpha value is -2.03. The Labute approximate surface area is 227 Å². The number of carbonyl (C=O) groups excluding carboxylic acids is 2. The van der Waals surface area contributed by atoms with Crippen LogP contribution in [0.2, 0.25) is 0 Å². The predicted octanol–water partition coefficient (Wildman–Crippen LogP) is 5.26. The van der Waals surface area contributed by atoms with Crippen molar-refractivity contribution in [1.29, 1.82) is 0 Å². The molecule has 0 amide bonds. The van der Waals surface area contributed by atoms with Gasteiger partial charge in [0.05, 0.1) is 16.4 Å². The van der Waals surface area contributed by atoms with E-state index in [1.807, 2.05) is 13.8 Å². The molecule has 4 rings (SSSR count). The first-order valence-corrected chi connectivity index (χ1v) is 15.0. The number of rotatable bonds is 7. The second-order valence-corrected chi connectivity index (χ2v) is 13.9. The van der Waals surface area contributed by atoms with Gasteiger partial charge in [-0.15, -0.1) is 6.58 Å². The van der Waals surface area contributed by atoms with E-state index in [-0.39, 0.29) is 39.4 Å². The van der Waals surface area contributed by atoms with E-state index in [2.05, 4.69) is 20.4 Å². The summed E-state index contributed by atoms with van der Waals surface area (Å²) in [7, 11) is -2.40. The molecule has 2 bridgehead atoms. The van der Waals surface area contributed by atoms with Gasteiger partial charge in [0.1, 0.15) is 11.9 Å².